The maximum absolute atomic E-state index is 12.4. The van der Waals surface area contributed by atoms with Crippen LogP contribution in [0.3, 0.4) is 0 Å². The number of hydrogen-bond acceptors (Lipinski definition) is 4. The fourth-order valence-corrected chi connectivity index (χ4v) is 3.25. The molecule has 132 valence electrons. The number of hydrogen-bond donors (Lipinski definition) is 2. The molecule has 1 aromatic carbocycles. The summed E-state index contributed by atoms with van der Waals surface area (Å²) in [7, 11) is 0. The molecule has 5 nitrogen and oxygen atoms in total. The first-order chi connectivity index (χ1) is 11.7. The number of ether oxygens (including phenoxy) is 1. The van der Waals surface area contributed by atoms with Crippen LogP contribution in [-0.2, 0) is 9.59 Å². The third kappa shape index (κ3) is 6.43. The Bertz CT molecular complexity index is 518. The Labute approximate surface area is 147 Å². The van der Waals surface area contributed by atoms with Crippen molar-refractivity contribution in [1.82, 2.24) is 10.6 Å². The molecule has 2 amide bonds. The number of nitrogens with one attached hydrogen (secondary N) is 2. The molecule has 2 rings (SSSR count). The Morgan fingerprint density at radius 3 is 2.62 bits per heavy atom. The second-order valence-electron chi connectivity index (χ2n) is 5.99. The van der Waals surface area contributed by atoms with Crippen LogP contribution in [0.25, 0.3) is 0 Å². The fraction of sp³-hybridized carbons (Fsp3) is 0.556. The van der Waals surface area contributed by atoms with Crippen molar-refractivity contribution in [2.45, 2.75) is 44.2 Å². The van der Waals surface area contributed by atoms with E-state index in [1.807, 2.05) is 24.5 Å². The molecule has 1 atom stereocenters. The fourth-order valence-electron chi connectivity index (χ4n) is 2.78. The lowest BCUT2D eigenvalue weighted by molar-refractivity contribution is -0.130. The van der Waals surface area contributed by atoms with E-state index >= 15 is 0 Å². The summed E-state index contributed by atoms with van der Waals surface area (Å²) in [5, 5.41) is 5.87. The first-order valence-electron chi connectivity index (χ1n) is 8.45. The summed E-state index contributed by atoms with van der Waals surface area (Å²) in [6, 6.07) is 8.94. The predicted molar refractivity (Wildman–Crippen MR) is 97.3 cm³/mol. The van der Waals surface area contributed by atoms with Crippen molar-refractivity contribution < 1.29 is 14.3 Å². The summed E-state index contributed by atoms with van der Waals surface area (Å²) in [5.41, 5.74) is 0. The van der Waals surface area contributed by atoms with Crippen LogP contribution in [0.5, 0.6) is 5.75 Å². The van der Waals surface area contributed by atoms with Crippen LogP contribution in [0.15, 0.2) is 30.3 Å². The second kappa shape index (κ2) is 10.2. The van der Waals surface area contributed by atoms with Gasteiger partial charge in [-0.05, 0) is 43.4 Å². The molecule has 0 radical (unpaired) electrons. The highest BCUT2D eigenvalue weighted by Crippen LogP contribution is 2.18. The smallest absolute Gasteiger partial charge is 0.258 e. The molecule has 2 N–H and O–H groups in total. The van der Waals surface area contributed by atoms with Gasteiger partial charge in [-0.2, -0.15) is 11.8 Å². The molecule has 1 aliphatic carbocycles. The van der Waals surface area contributed by atoms with Crippen molar-refractivity contribution in [3.63, 3.8) is 0 Å². The summed E-state index contributed by atoms with van der Waals surface area (Å²) < 4.78 is 5.44. The van der Waals surface area contributed by atoms with Crippen LogP contribution < -0.4 is 15.4 Å². The van der Waals surface area contributed by atoms with Crippen LogP contribution in [0.4, 0.5) is 0 Å². The third-order valence-corrected chi connectivity index (χ3v) is 4.72. The average molecular weight is 350 g/mol. The van der Waals surface area contributed by atoms with E-state index in [-0.39, 0.29) is 24.5 Å². The van der Waals surface area contributed by atoms with Gasteiger partial charge in [-0.3, -0.25) is 9.59 Å². The first-order valence-corrected chi connectivity index (χ1v) is 9.85. The lowest BCUT2D eigenvalue weighted by Crippen LogP contribution is -2.50. The van der Waals surface area contributed by atoms with Crippen molar-refractivity contribution in [3.8, 4) is 5.75 Å². The molecule has 24 heavy (non-hydrogen) atoms. The summed E-state index contributed by atoms with van der Waals surface area (Å²) in [6.45, 7) is -0.0868. The maximum atomic E-state index is 12.4. The molecular weight excluding hydrogens is 324 g/mol. The zero-order valence-electron chi connectivity index (χ0n) is 14.1. The van der Waals surface area contributed by atoms with Gasteiger partial charge in [-0.1, -0.05) is 31.0 Å². The molecule has 0 unspecified atom stereocenters. The highest BCUT2D eigenvalue weighted by atomic mass is 32.2. The summed E-state index contributed by atoms with van der Waals surface area (Å²) in [4.78, 5) is 24.5. The highest BCUT2D eigenvalue weighted by molar-refractivity contribution is 7.98. The van der Waals surface area contributed by atoms with Gasteiger partial charge in [0.05, 0.1) is 0 Å². The van der Waals surface area contributed by atoms with Crippen LogP contribution >= 0.6 is 11.8 Å². The van der Waals surface area contributed by atoms with Gasteiger partial charge in [0.25, 0.3) is 5.91 Å². The molecular formula is C18H26N2O3S. The minimum absolute atomic E-state index is 0.0796. The number of carbonyl (C=O) groups excluding carboxylic acids is 2. The summed E-state index contributed by atoms with van der Waals surface area (Å²) in [6.07, 6.45) is 7.01. The maximum Gasteiger partial charge on any atom is 0.258 e. The molecule has 1 fully saturated rings. The standard InChI is InChI=1S/C18H26N2O3S/c1-24-12-11-16(18(22)19-14-7-5-6-8-14)20-17(21)13-23-15-9-3-2-4-10-15/h2-4,9-10,14,16H,5-8,11-13H2,1H3,(H,19,22)(H,20,21)/t16-/m1/s1. The van der Waals surface area contributed by atoms with Gasteiger partial charge in [0.1, 0.15) is 11.8 Å². The van der Waals surface area contributed by atoms with Gasteiger partial charge < -0.3 is 15.4 Å². The Kier molecular flexibility index (Phi) is 7.95. The van der Waals surface area contributed by atoms with Crippen LogP contribution in [0.2, 0.25) is 0 Å². The Morgan fingerprint density at radius 1 is 1.25 bits per heavy atom. The molecule has 1 aromatic rings. The number of para-hydroxylation sites is 1. The molecule has 0 spiro atoms. The molecule has 0 aromatic heterocycles. The van der Waals surface area contributed by atoms with Crippen molar-refractivity contribution in [3.05, 3.63) is 30.3 Å². The van der Waals surface area contributed by atoms with Gasteiger partial charge in [0.15, 0.2) is 6.61 Å². The number of rotatable bonds is 9. The van der Waals surface area contributed by atoms with Gasteiger partial charge in [0.2, 0.25) is 5.91 Å². The van der Waals surface area contributed by atoms with Crippen LogP contribution in [0, 0.1) is 0 Å². The van der Waals surface area contributed by atoms with Crippen molar-refractivity contribution in [1.29, 1.82) is 0 Å². The number of carbonyl (C=O) groups is 2. The molecule has 0 bridgehead atoms. The normalized spacial score (nSPS) is 15.7. The van der Waals surface area contributed by atoms with E-state index in [1.54, 1.807) is 23.9 Å². The largest absolute Gasteiger partial charge is 0.484 e. The minimum atomic E-state index is -0.495. The molecule has 1 saturated carbocycles. The van der Waals surface area contributed by atoms with Gasteiger partial charge >= 0.3 is 0 Å². The van der Waals surface area contributed by atoms with E-state index in [2.05, 4.69) is 10.6 Å². The molecule has 0 saturated heterocycles. The van der Waals surface area contributed by atoms with Crippen molar-refractivity contribution in [2.75, 3.05) is 18.6 Å². The molecule has 0 aliphatic heterocycles. The quantitative estimate of drug-likeness (QED) is 0.717. The Hall–Kier alpha value is -1.69. The minimum Gasteiger partial charge on any atom is -0.484 e. The van der Waals surface area contributed by atoms with E-state index in [0.29, 0.717) is 12.2 Å². The van der Waals surface area contributed by atoms with E-state index in [9.17, 15) is 9.59 Å². The lowest BCUT2D eigenvalue weighted by Gasteiger charge is -2.21. The van der Waals surface area contributed by atoms with E-state index in [0.717, 1.165) is 31.4 Å². The van der Waals surface area contributed by atoms with Crippen LogP contribution in [0.1, 0.15) is 32.1 Å². The molecule has 1 aliphatic rings. The topological polar surface area (TPSA) is 67.4 Å². The third-order valence-electron chi connectivity index (χ3n) is 4.08. The van der Waals surface area contributed by atoms with E-state index in [1.165, 1.54) is 0 Å². The summed E-state index contributed by atoms with van der Waals surface area (Å²) in [5.74, 6) is 1.11. The SMILES string of the molecule is CSCC[C@@H](NC(=O)COc1ccccc1)C(=O)NC1CCCC1. The average Bonchev–Trinajstić information content (AvgIpc) is 3.10. The number of amides is 2. The van der Waals surface area contributed by atoms with Gasteiger partial charge in [-0.15, -0.1) is 0 Å². The highest BCUT2D eigenvalue weighted by Gasteiger charge is 2.24. The monoisotopic (exact) mass is 350 g/mol. The predicted octanol–water partition coefficient (Wildman–Crippen LogP) is 2.36. The molecule has 0 heterocycles. The zero-order chi connectivity index (χ0) is 17.2. The first kappa shape index (κ1) is 18.6. The number of benzene rings is 1. The Morgan fingerprint density at radius 2 is 1.96 bits per heavy atom. The zero-order valence-corrected chi connectivity index (χ0v) is 14.9. The van der Waals surface area contributed by atoms with Crippen LogP contribution in [-0.4, -0.2) is 42.5 Å². The Balaban J connectivity index is 1.82. The summed E-state index contributed by atoms with van der Waals surface area (Å²) >= 11 is 1.66. The van der Waals surface area contributed by atoms with Gasteiger partial charge in [-0.25, -0.2) is 0 Å². The van der Waals surface area contributed by atoms with Gasteiger partial charge in [0, 0.05) is 6.04 Å². The van der Waals surface area contributed by atoms with E-state index < -0.39 is 6.04 Å². The van der Waals surface area contributed by atoms with Crippen molar-refractivity contribution in [2.24, 2.45) is 0 Å². The number of thioether (sulfide) groups is 1. The second-order valence-corrected chi connectivity index (χ2v) is 6.98. The van der Waals surface area contributed by atoms with E-state index in [4.69, 9.17) is 4.74 Å². The molecule has 6 heteroatoms. The lowest BCUT2D eigenvalue weighted by atomic mass is 10.1. The van der Waals surface area contributed by atoms with Crippen molar-refractivity contribution >= 4 is 23.6 Å².